The van der Waals surface area contributed by atoms with Crippen molar-refractivity contribution in [3.8, 4) is 0 Å². The number of aromatic carboxylic acids is 1. The van der Waals surface area contributed by atoms with Crippen LogP contribution in [0.3, 0.4) is 0 Å². The molecule has 1 aromatic heterocycles. The van der Waals surface area contributed by atoms with E-state index < -0.39 is 5.97 Å². The van der Waals surface area contributed by atoms with Gasteiger partial charge in [-0.1, -0.05) is 18.2 Å². The Labute approximate surface area is 184 Å². The monoisotopic (exact) mass is 419 g/mol. The molecule has 1 fully saturated rings. The summed E-state index contributed by atoms with van der Waals surface area (Å²) in [5.41, 5.74) is 6.52. The number of carboxylic acid groups (broad SMARTS) is 1. The number of carbonyl (C=O) groups is 1. The first-order valence-electron chi connectivity index (χ1n) is 11.3. The van der Waals surface area contributed by atoms with E-state index in [1.165, 1.54) is 33.3 Å². The fraction of sp³-hybridized carbons (Fsp3) is 0.423. The van der Waals surface area contributed by atoms with E-state index in [1.807, 2.05) is 12.1 Å². The molecule has 0 amide bonds. The first kappa shape index (κ1) is 21.6. The molecule has 1 saturated heterocycles. The van der Waals surface area contributed by atoms with Gasteiger partial charge in [-0.05, 0) is 81.2 Å². The van der Waals surface area contributed by atoms with E-state index in [2.05, 4.69) is 53.9 Å². The number of nitrogens with zero attached hydrogens (tertiary/aromatic N) is 2. The summed E-state index contributed by atoms with van der Waals surface area (Å²) in [4.78, 5) is 19.7. The highest BCUT2D eigenvalue weighted by atomic mass is 16.4. The number of aromatic nitrogens is 1. The topological polar surface area (TPSA) is 59.6 Å². The summed E-state index contributed by atoms with van der Waals surface area (Å²) in [5, 5.41) is 10.6. The predicted octanol–water partition coefficient (Wildman–Crippen LogP) is 4.64. The molecule has 5 heteroatoms. The van der Waals surface area contributed by atoms with Crippen LogP contribution in [0.15, 0.2) is 42.5 Å². The molecule has 2 heterocycles. The van der Waals surface area contributed by atoms with E-state index in [0.717, 1.165) is 45.6 Å². The number of fused-ring (bicyclic) bond motifs is 1. The maximum absolute atomic E-state index is 11.3. The molecule has 5 nitrogen and oxygen atoms in total. The molecule has 1 aliphatic rings. The summed E-state index contributed by atoms with van der Waals surface area (Å²) < 4.78 is 0. The molecule has 0 saturated carbocycles. The normalized spacial score (nSPS) is 16.6. The lowest BCUT2D eigenvalue weighted by Gasteiger charge is -2.32. The molecule has 1 aliphatic heterocycles. The van der Waals surface area contributed by atoms with Crippen molar-refractivity contribution < 1.29 is 9.90 Å². The van der Waals surface area contributed by atoms with Crippen LogP contribution >= 0.6 is 0 Å². The fourth-order valence-corrected chi connectivity index (χ4v) is 4.67. The molecule has 0 aliphatic carbocycles. The minimum Gasteiger partial charge on any atom is -0.478 e. The van der Waals surface area contributed by atoms with Crippen LogP contribution in [-0.2, 0) is 0 Å². The number of hydrogen-bond acceptors (Lipinski definition) is 3. The van der Waals surface area contributed by atoms with E-state index >= 15 is 0 Å². The number of likely N-dealkylation sites (N-methyl/N-ethyl adjacent to an activating group) is 1. The highest BCUT2D eigenvalue weighted by molar-refractivity contribution is 5.87. The predicted molar refractivity (Wildman–Crippen MR) is 126 cm³/mol. The zero-order valence-corrected chi connectivity index (χ0v) is 18.8. The summed E-state index contributed by atoms with van der Waals surface area (Å²) in [6, 6.07) is 14.2. The molecule has 164 valence electrons. The van der Waals surface area contributed by atoms with Crippen LogP contribution in [0.25, 0.3) is 10.9 Å². The number of aromatic amines is 1. The van der Waals surface area contributed by atoms with Crippen LogP contribution in [0.2, 0.25) is 0 Å². The summed E-state index contributed by atoms with van der Waals surface area (Å²) in [5.74, 6) is -0.618. The van der Waals surface area contributed by atoms with E-state index in [4.69, 9.17) is 0 Å². The number of carboxylic acids is 1. The molecule has 3 aromatic rings. The Morgan fingerprint density at radius 3 is 2.39 bits per heavy atom. The standard InChI is InChI=1S/C26H33N3O2/c1-18-19(2)27-25-11-10-22(17-24(18)25)23(20-6-8-21(9-7-20)26(30)31)5-4-12-29-15-13-28(3)14-16-29/h6-11,17,23,27H,4-5,12-16H2,1-3H3,(H,30,31). The number of rotatable bonds is 7. The second-order valence-electron chi connectivity index (χ2n) is 8.95. The van der Waals surface area contributed by atoms with Crippen molar-refractivity contribution in [2.24, 2.45) is 0 Å². The lowest BCUT2D eigenvalue weighted by molar-refractivity contribution is 0.0697. The van der Waals surface area contributed by atoms with E-state index in [1.54, 1.807) is 12.1 Å². The van der Waals surface area contributed by atoms with Gasteiger partial charge in [-0.2, -0.15) is 0 Å². The van der Waals surface area contributed by atoms with Crippen molar-refractivity contribution in [3.63, 3.8) is 0 Å². The largest absolute Gasteiger partial charge is 0.478 e. The number of H-pyrrole nitrogens is 1. The first-order valence-corrected chi connectivity index (χ1v) is 11.3. The van der Waals surface area contributed by atoms with Crippen molar-refractivity contribution in [1.82, 2.24) is 14.8 Å². The van der Waals surface area contributed by atoms with Crippen molar-refractivity contribution in [2.75, 3.05) is 39.8 Å². The summed E-state index contributed by atoms with van der Waals surface area (Å²) in [6.07, 6.45) is 2.17. The lowest BCUT2D eigenvalue weighted by Crippen LogP contribution is -2.44. The van der Waals surface area contributed by atoms with Crippen LogP contribution in [0.4, 0.5) is 0 Å². The van der Waals surface area contributed by atoms with Gasteiger partial charge >= 0.3 is 5.97 Å². The SMILES string of the molecule is Cc1[nH]c2ccc(C(CCCN3CCN(C)CC3)c3ccc(C(=O)O)cc3)cc2c1C. The number of benzene rings is 2. The van der Waals surface area contributed by atoms with Gasteiger partial charge in [0, 0.05) is 48.7 Å². The van der Waals surface area contributed by atoms with E-state index in [-0.39, 0.29) is 5.92 Å². The number of nitrogens with one attached hydrogen (secondary N) is 1. The Morgan fingerprint density at radius 2 is 1.71 bits per heavy atom. The maximum Gasteiger partial charge on any atom is 0.335 e. The van der Waals surface area contributed by atoms with Gasteiger partial charge in [-0.25, -0.2) is 4.79 Å². The summed E-state index contributed by atoms with van der Waals surface area (Å²) >= 11 is 0. The van der Waals surface area contributed by atoms with Crippen molar-refractivity contribution in [3.05, 3.63) is 70.4 Å². The summed E-state index contributed by atoms with van der Waals surface area (Å²) in [6.45, 7) is 9.97. The van der Waals surface area contributed by atoms with Crippen LogP contribution < -0.4 is 0 Å². The molecule has 4 rings (SSSR count). The van der Waals surface area contributed by atoms with Gasteiger partial charge in [0.25, 0.3) is 0 Å². The van der Waals surface area contributed by atoms with E-state index in [0.29, 0.717) is 5.56 Å². The van der Waals surface area contributed by atoms with Crippen LogP contribution in [0, 0.1) is 13.8 Å². The molecule has 0 radical (unpaired) electrons. The van der Waals surface area contributed by atoms with Crippen LogP contribution in [-0.4, -0.2) is 65.6 Å². The Bertz CT molecular complexity index is 1050. The molecule has 2 aromatic carbocycles. The minimum atomic E-state index is -0.877. The molecular formula is C26H33N3O2. The molecule has 2 N–H and O–H groups in total. The van der Waals surface area contributed by atoms with Crippen LogP contribution in [0.5, 0.6) is 0 Å². The molecule has 0 spiro atoms. The lowest BCUT2D eigenvalue weighted by atomic mass is 9.86. The van der Waals surface area contributed by atoms with Gasteiger partial charge in [0.05, 0.1) is 5.56 Å². The Hall–Kier alpha value is -2.63. The average Bonchev–Trinajstić information content (AvgIpc) is 3.06. The number of piperazine rings is 1. The molecular weight excluding hydrogens is 386 g/mol. The van der Waals surface area contributed by atoms with Crippen LogP contribution in [0.1, 0.15) is 51.5 Å². The van der Waals surface area contributed by atoms with Crippen molar-refractivity contribution >= 4 is 16.9 Å². The summed E-state index contributed by atoms with van der Waals surface area (Å²) in [7, 11) is 2.19. The number of hydrogen-bond donors (Lipinski definition) is 2. The smallest absolute Gasteiger partial charge is 0.335 e. The van der Waals surface area contributed by atoms with Crippen molar-refractivity contribution in [1.29, 1.82) is 0 Å². The van der Waals surface area contributed by atoms with E-state index in [9.17, 15) is 9.90 Å². The second-order valence-corrected chi connectivity index (χ2v) is 8.95. The highest BCUT2D eigenvalue weighted by Gasteiger charge is 2.19. The molecule has 1 atom stereocenters. The fourth-order valence-electron chi connectivity index (χ4n) is 4.67. The molecule has 31 heavy (non-hydrogen) atoms. The zero-order chi connectivity index (χ0) is 22.0. The minimum absolute atomic E-state index is 0.259. The number of aryl methyl sites for hydroxylation is 2. The van der Waals surface area contributed by atoms with Crippen molar-refractivity contribution in [2.45, 2.75) is 32.6 Å². The average molecular weight is 420 g/mol. The van der Waals surface area contributed by atoms with Gasteiger partial charge in [-0.3, -0.25) is 0 Å². The Morgan fingerprint density at radius 1 is 1.03 bits per heavy atom. The zero-order valence-electron chi connectivity index (χ0n) is 18.8. The third-order valence-corrected chi connectivity index (χ3v) is 6.86. The Balaban J connectivity index is 1.57. The Kier molecular flexibility index (Phi) is 6.44. The first-order chi connectivity index (χ1) is 14.9. The van der Waals surface area contributed by atoms with Gasteiger partial charge in [0.15, 0.2) is 0 Å². The highest BCUT2D eigenvalue weighted by Crippen LogP contribution is 2.33. The van der Waals surface area contributed by atoms with Gasteiger partial charge in [0.1, 0.15) is 0 Å². The van der Waals surface area contributed by atoms with Gasteiger partial charge in [0.2, 0.25) is 0 Å². The second kappa shape index (κ2) is 9.25. The maximum atomic E-state index is 11.3. The molecule has 1 unspecified atom stereocenters. The quantitative estimate of drug-likeness (QED) is 0.586. The van der Waals surface area contributed by atoms with Gasteiger partial charge < -0.3 is 19.9 Å². The molecule has 0 bridgehead atoms. The third-order valence-electron chi connectivity index (χ3n) is 6.86. The van der Waals surface area contributed by atoms with Gasteiger partial charge in [-0.15, -0.1) is 0 Å². The third kappa shape index (κ3) is 4.83.